The molecule has 3 heteroatoms. The van der Waals surface area contributed by atoms with Gasteiger partial charge in [0.2, 0.25) is 5.91 Å². The van der Waals surface area contributed by atoms with E-state index in [9.17, 15) is 4.79 Å². The van der Waals surface area contributed by atoms with Crippen LogP contribution >= 0.6 is 0 Å². The molecule has 4 rings (SSSR count). The molecule has 3 nitrogen and oxygen atoms in total. The molecule has 1 aromatic heterocycles. The first-order chi connectivity index (χ1) is 14.3. The Kier molecular flexibility index (Phi) is 5.87. The van der Waals surface area contributed by atoms with Crippen molar-refractivity contribution in [2.45, 2.75) is 19.5 Å². The SMILES string of the molecule is O=C(Cc1ccc(-n2cccc2)cc1)N(Cc1ccccc1)Cc1ccccc1. The van der Waals surface area contributed by atoms with Crippen molar-refractivity contribution in [1.82, 2.24) is 9.47 Å². The van der Waals surface area contributed by atoms with Crippen LogP contribution in [0.4, 0.5) is 0 Å². The number of nitrogens with zero attached hydrogens (tertiary/aromatic N) is 2. The van der Waals surface area contributed by atoms with E-state index in [1.807, 2.05) is 78.0 Å². The van der Waals surface area contributed by atoms with E-state index in [1.165, 1.54) is 0 Å². The summed E-state index contributed by atoms with van der Waals surface area (Å²) < 4.78 is 2.06. The molecule has 0 bridgehead atoms. The first-order valence-electron chi connectivity index (χ1n) is 9.86. The largest absolute Gasteiger partial charge is 0.334 e. The number of amides is 1. The summed E-state index contributed by atoms with van der Waals surface area (Å²) in [6.07, 6.45) is 4.43. The zero-order chi connectivity index (χ0) is 19.9. The molecule has 3 aromatic carbocycles. The van der Waals surface area contributed by atoms with Crippen molar-refractivity contribution in [2.24, 2.45) is 0 Å². The third-order valence-electron chi connectivity index (χ3n) is 4.98. The predicted molar refractivity (Wildman–Crippen MR) is 117 cm³/mol. The Morgan fingerprint density at radius 3 is 1.66 bits per heavy atom. The molecule has 29 heavy (non-hydrogen) atoms. The van der Waals surface area contributed by atoms with E-state index in [0.29, 0.717) is 19.5 Å². The van der Waals surface area contributed by atoms with Gasteiger partial charge in [-0.05, 0) is 41.0 Å². The molecule has 0 atom stereocenters. The molecule has 0 aliphatic rings. The highest BCUT2D eigenvalue weighted by atomic mass is 16.2. The molecule has 0 unspecified atom stereocenters. The topological polar surface area (TPSA) is 25.2 Å². The molecule has 0 aliphatic carbocycles. The van der Waals surface area contributed by atoms with Crippen LogP contribution < -0.4 is 0 Å². The van der Waals surface area contributed by atoms with Gasteiger partial charge in [-0.15, -0.1) is 0 Å². The van der Waals surface area contributed by atoms with E-state index in [-0.39, 0.29) is 5.91 Å². The number of rotatable bonds is 7. The number of carbonyl (C=O) groups excluding carboxylic acids is 1. The molecule has 0 aliphatic heterocycles. The van der Waals surface area contributed by atoms with Crippen molar-refractivity contribution in [3.8, 4) is 5.69 Å². The maximum atomic E-state index is 13.2. The molecular formula is C26H24N2O. The van der Waals surface area contributed by atoms with E-state index >= 15 is 0 Å². The van der Waals surface area contributed by atoms with Gasteiger partial charge in [0.1, 0.15) is 0 Å². The van der Waals surface area contributed by atoms with Crippen molar-refractivity contribution in [3.63, 3.8) is 0 Å². The van der Waals surface area contributed by atoms with E-state index < -0.39 is 0 Å². The van der Waals surface area contributed by atoms with Crippen LogP contribution in [0.25, 0.3) is 5.69 Å². The molecular weight excluding hydrogens is 356 g/mol. The standard InChI is InChI=1S/C26H24N2O/c29-26(19-22-13-15-25(16-14-22)27-17-7-8-18-27)28(20-23-9-3-1-4-10-23)21-24-11-5-2-6-12-24/h1-18H,19-21H2. The monoisotopic (exact) mass is 380 g/mol. The van der Waals surface area contributed by atoms with Gasteiger partial charge in [-0.2, -0.15) is 0 Å². The highest BCUT2D eigenvalue weighted by Gasteiger charge is 2.15. The van der Waals surface area contributed by atoms with Gasteiger partial charge >= 0.3 is 0 Å². The van der Waals surface area contributed by atoms with Gasteiger partial charge < -0.3 is 9.47 Å². The van der Waals surface area contributed by atoms with Gasteiger partial charge in [-0.25, -0.2) is 0 Å². The lowest BCUT2D eigenvalue weighted by Crippen LogP contribution is -2.31. The fourth-order valence-corrected chi connectivity index (χ4v) is 3.42. The van der Waals surface area contributed by atoms with Gasteiger partial charge in [0.25, 0.3) is 0 Å². The van der Waals surface area contributed by atoms with Crippen LogP contribution in [0.15, 0.2) is 109 Å². The Balaban J connectivity index is 1.49. The van der Waals surface area contributed by atoms with Crippen LogP contribution in [0.2, 0.25) is 0 Å². The lowest BCUT2D eigenvalue weighted by Gasteiger charge is -2.23. The second-order valence-electron chi connectivity index (χ2n) is 7.15. The normalized spacial score (nSPS) is 10.6. The lowest BCUT2D eigenvalue weighted by atomic mass is 10.1. The average molecular weight is 380 g/mol. The Hall–Kier alpha value is -3.59. The predicted octanol–water partition coefficient (Wildman–Crippen LogP) is 5.25. The lowest BCUT2D eigenvalue weighted by molar-refractivity contribution is -0.131. The molecule has 1 heterocycles. The number of hydrogen-bond acceptors (Lipinski definition) is 1. The number of aromatic nitrogens is 1. The molecule has 4 aromatic rings. The highest BCUT2D eigenvalue weighted by Crippen LogP contribution is 2.15. The summed E-state index contributed by atoms with van der Waals surface area (Å²) in [4.78, 5) is 15.1. The molecule has 1 amide bonds. The summed E-state index contributed by atoms with van der Waals surface area (Å²) in [5.74, 6) is 0.131. The zero-order valence-corrected chi connectivity index (χ0v) is 16.3. The number of benzene rings is 3. The van der Waals surface area contributed by atoms with Crippen molar-refractivity contribution >= 4 is 5.91 Å². The third kappa shape index (κ3) is 5.02. The molecule has 0 N–H and O–H groups in total. The van der Waals surface area contributed by atoms with Crippen molar-refractivity contribution in [1.29, 1.82) is 0 Å². The second-order valence-corrected chi connectivity index (χ2v) is 7.15. The summed E-state index contributed by atoms with van der Waals surface area (Å²) in [6.45, 7) is 1.21. The highest BCUT2D eigenvalue weighted by molar-refractivity contribution is 5.79. The average Bonchev–Trinajstić information content (AvgIpc) is 3.30. The Labute approximate surface area is 171 Å². The molecule has 144 valence electrons. The van der Waals surface area contributed by atoms with Crippen LogP contribution in [-0.2, 0) is 24.3 Å². The summed E-state index contributed by atoms with van der Waals surface area (Å²) in [5.41, 5.74) is 4.40. The molecule has 0 radical (unpaired) electrons. The third-order valence-corrected chi connectivity index (χ3v) is 4.98. The Bertz CT molecular complexity index is 982. The van der Waals surface area contributed by atoms with Gasteiger partial charge in [-0.1, -0.05) is 72.8 Å². The molecule has 0 fully saturated rings. The first kappa shape index (κ1) is 18.8. The minimum Gasteiger partial charge on any atom is -0.334 e. The minimum absolute atomic E-state index is 0.131. The maximum absolute atomic E-state index is 13.2. The van der Waals surface area contributed by atoms with E-state index in [0.717, 1.165) is 22.4 Å². The zero-order valence-electron chi connectivity index (χ0n) is 16.3. The van der Waals surface area contributed by atoms with Crippen LogP contribution in [0.1, 0.15) is 16.7 Å². The molecule has 0 saturated heterocycles. The Morgan fingerprint density at radius 1 is 0.621 bits per heavy atom. The van der Waals surface area contributed by atoms with Crippen LogP contribution in [-0.4, -0.2) is 15.4 Å². The summed E-state index contributed by atoms with van der Waals surface area (Å²) in [6, 6.07) is 32.5. The van der Waals surface area contributed by atoms with Gasteiger partial charge in [0.05, 0.1) is 6.42 Å². The first-order valence-corrected chi connectivity index (χ1v) is 9.86. The van der Waals surface area contributed by atoms with Crippen LogP contribution in [0, 0.1) is 0 Å². The van der Waals surface area contributed by atoms with Crippen LogP contribution in [0.3, 0.4) is 0 Å². The summed E-state index contributed by atoms with van der Waals surface area (Å²) >= 11 is 0. The van der Waals surface area contributed by atoms with E-state index in [2.05, 4.69) is 41.0 Å². The summed E-state index contributed by atoms with van der Waals surface area (Å²) in [5, 5.41) is 0. The molecule has 0 saturated carbocycles. The van der Waals surface area contributed by atoms with Crippen LogP contribution in [0.5, 0.6) is 0 Å². The minimum atomic E-state index is 0.131. The quantitative estimate of drug-likeness (QED) is 0.430. The smallest absolute Gasteiger partial charge is 0.227 e. The van der Waals surface area contributed by atoms with Crippen molar-refractivity contribution in [3.05, 3.63) is 126 Å². The fraction of sp³-hybridized carbons (Fsp3) is 0.115. The Morgan fingerprint density at radius 2 is 1.14 bits per heavy atom. The molecule has 0 spiro atoms. The number of carbonyl (C=O) groups is 1. The number of hydrogen-bond donors (Lipinski definition) is 0. The summed E-state index contributed by atoms with van der Waals surface area (Å²) in [7, 11) is 0. The van der Waals surface area contributed by atoms with Crippen molar-refractivity contribution in [2.75, 3.05) is 0 Å². The fourth-order valence-electron chi connectivity index (χ4n) is 3.42. The van der Waals surface area contributed by atoms with Gasteiger partial charge in [-0.3, -0.25) is 4.79 Å². The maximum Gasteiger partial charge on any atom is 0.227 e. The van der Waals surface area contributed by atoms with Gasteiger partial charge in [0, 0.05) is 31.2 Å². The van der Waals surface area contributed by atoms with E-state index in [1.54, 1.807) is 0 Å². The van der Waals surface area contributed by atoms with E-state index in [4.69, 9.17) is 0 Å². The van der Waals surface area contributed by atoms with Gasteiger partial charge in [0.15, 0.2) is 0 Å². The van der Waals surface area contributed by atoms with Crippen molar-refractivity contribution < 1.29 is 4.79 Å². The second kappa shape index (κ2) is 9.07.